The van der Waals surface area contributed by atoms with E-state index in [4.69, 9.17) is 4.74 Å². The van der Waals surface area contributed by atoms with Crippen molar-refractivity contribution in [1.82, 2.24) is 15.1 Å². The van der Waals surface area contributed by atoms with Crippen LogP contribution in [0.4, 0.5) is 0 Å². The maximum atomic E-state index is 12.8. The van der Waals surface area contributed by atoms with Gasteiger partial charge in [-0.2, -0.15) is 0 Å². The van der Waals surface area contributed by atoms with Gasteiger partial charge in [-0.1, -0.05) is 12.1 Å². The predicted octanol–water partition coefficient (Wildman–Crippen LogP) is 2.20. The minimum absolute atomic E-state index is 0.0186. The average Bonchev–Trinajstić information content (AvgIpc) is 3.62. The first-order valence-corrected chi connectivity index (χ1v) is 11.5. The van der Waals surface area contributed by atoms with Crippen molar-refractivity contribution in [2.45, 2.75) is 58.3 Å². The molecule has 2 unspecified atom stereocenters. The molecule has 3 fully saturated rings. The van der Waals surface area contributed by atoms with E-state index in [-0.39, 0.29) is 41.8 Å². The van der Waals surface area contributed by atoms with E-state index < -0.39 is 0 Å². The summed E-state index contributed by atoms with van der Waals surface area (Å²) in [5.41, 5.74) is 1.62. The number of carbonyl (C=O) groups excluding carboxylic acids is 3. The van der Waals surface area contributed by atoms with Crippen molar-refractivity contribution in [1.29, 1.82) is 0 Å². The number of hydrogen-bond donors (Lipinski definition) is 1. The molecule has 0 radical (unpaired) electrons. The minimum atomic E-state index is -0.0330. The van der Waals surface area contributed by atoms with Crippen molar-refractivity contribution >= 4 is 17.7 Å². The number of carbonyl (C=O) groups is 3. The van der Waals surface area contributed by atoms with Crippen LogP contribution in [0.3, 0.4) is 0 Å². The number of rotatable bonds is 5. The van der Waals surface area contributed by atoms with Crippen molar-refractivity contribution < 1.29 is 19.1 Å². The quantitative estimate of drug-likeness (QED) is 0.781. The van der Waals surface area contributed by atoms with Gasteiger partial charge in [0.15, 0.2) is 0 Å². The molecule has 1 N–H and O–H groups in total. The van der Waals surface area contributed by atoms with Gasteiger partial charge in [0.05, 0.1) is 12.2 Å². The molecule has 168 valence electrons. The minimum Gasteiger partial charge on any atom is -0.372 e. The topological polar surface area (TPSA) is 79.0 Å². The molecule has 3 amide bonds. The van der Waals surface area contributed by atoms with Crippen LogP contribution in [0, 0.1) is 11.8 Å². The number of benzene rings is 1. The van der Waals surface area contributed by atoms with Crippen molar-refractivity contribution in [3.8, 4) is 0 Å². The molecule has 31 heavy (non-hydrogen) atoms. The highest BCUT2D eigenvalue weighted by Gasteiger charge is 2.36. The number of ether oxygens (including phenoxy) is 1. The molecule has 2 aliphatic heterocycles. The van der Waals surface area contributed by atoms with E-state index in [9.17, 15) is 14.4 Å². The van der Waals surface area contributed by atoms with E-state index >= 15 is 0 Å². The lowest BCUT2D eigenvalue weighted by atomic mass is 9.95. The molecule has 7 heteroatoms. The summed E-state index contributed by atoms with van der Waals surface area (Å²) >= 11 is 0. The highest BCUT2D eigenvalue weighted by Crippen LogP contribution is 2.32. The second-order valence-electron chi connectivity index (χ2n) is 9.26. The van der Waals surface area contributed by atoms with E-state index in [0.717, 1.165) is 31.2 Å². The zero-order valence-corrected chi connectivity index (χ0v) is 18.5. The molecule has 2 saturated heterocycles. The molecular formula is C24H33N3O4. The highest BCUT2D eigenvalue weighted by molar-refractivity contribution is 5.94. The number of hydrogen-bond acceptors (Lipinski definition) is 4. The maximum absolute atomic E-state index is 12.8. The largest absolute Gasteiger partial charge is 0.372 e. The second kappa shape index (κ2) is 9.39. The number of morpholine rings is 1. The third-order valence-corrected chi connectivity index (χ3v) is 6.48. The van der Waals surface area contributed by atoms with Crippen molar-refractivity contribution in [2.24, 2.45) is 11.8 Å². The highest BCUT2D eigenvalue weighted by atomic mass is 16.5. The molecule has 2 heterocycles. The number of nitrogens with zero attached hydrogens (tertiary/aromatic N) is 2. The summed E-state index contributed by atoms with van der Waals surface area (Å²) in [6, 6.07) is 7.46. The van der Waals surface area contributed by atoms with Crippen LogP contribution in [0.25, 0.3) is 0 Å². The van der Waals surface area contributed by atoms with Crippen LogP contribution in [0.15, 0.2) is 24.3 Å². The van der Waals surface area contributed by atoms with Gasteiger partial charge in [-0.25, -0.2) is 0 Å². The van der Waals surface area contributed by atoms with Gasteiger partial charge < -0.3 is 19.9 Å². The standard InChI is InChI=1S/C24H33N3O4/c1-16-14-27(15-17(2)31-16)24(30)20-5-3-18(4-6-20)13-25-22(28)19-9-11-26(12-10-19)23(29)21-7-8-21/h3-6,16-17,19,21H,7-15H2,1-2H3,(H,25,28). The lowest BCUT2D eigenvalue weighted by Gasteiger charge is -2.35. The first-order chi connectivity index (χ1) is 14.9. The molecule has 1 aromatic carbocycles. The molecular weight excluding hydrogens is 394 g/mol. The van der Waals surface area contributed by atoms with E-state index in [1.54, 1.807) is 0 Å². The summed E-state index contributed by atoms with van der Waals surface area (Å²) in [6.45, 7) is 6.98. The van der Waals surface area contributed by atoms with E-state index in [2.05, 4.69) is 5.32 Å². The van der Waals surface area contributed by atoms with E-state index in [1.165, 1.54) is 0 Å². The molecule has 0 aromatic heterocycles. The Morgan fingerprint density at radius 3 is 2.10 bits per heavy atom. The summed E-state index contributed by atoms with van der Waals surface area (Å²) in [5.74, 6) is 0.555. The molecule has 0 bridgehead atoms. The Labute approximate surface area is 184 Å². The summed E-state index contributed by atoms with van der Waals surface area (Å²) < 4.78 is 5.70. The number of piperidine rings is 1. The van der Waals surface area contributed by atoms with E-state index in [0.29, 0.717) is 38.3 Å². The van der Waals surface area contributed by atoms with Gasteiger partial charge in [-0.05, 0) is 57.2 Å². The number of nitrogens with one attached hydrogen (secondary N) is 1. The Morgan fingerprint density at radius 2 is 1.52 bits per heavy atom. The van der Waals surface area contributed by atoms with Gasteiger partial charge in [0.2, 0.25) is 11.8 Å². The molecule has 7 nitrogen and oxygen atoms in total. The lowest BCUT2D eigenvalue weighted by Crippen LogP contribution is -2.48. The van der Waals surface area contributed by atoms with Crippen LogP contribution < -0.4 is 5.32 Å². The van der Waals surface area contributed by atoms with Gasteiger partial charge >= 0.3 is 0 Å². The maximum Gasteiger partial charge on any atom is 0.254 e. The van der Waals surface area contributed by atoms with Gasteiger partial charge in [-0.3, -0.25) is 14.4 Å². The number of likely N-dealkylation sites (tertiary alicyclic amines) is 1. The fraction of sp³-hybridized carbons (Fsp3) is 0.625. The monoisotopic (exact) mass is 427 g/mol. The van der Waals surface area contributed by atoms with Crippen molar-refractivity contribution in [3.05, 3.63) is 35.4 Å². The molecule has 1 aliphatic carbocycles. The van der Waals surface area contributed by atoms with Gasteiger partial charge in [-0.15, -0.1) is 0 Å². The van der Waals surface area contributed by atoms with Crippen molar-refractivity contribution in [2.75, 3.05) is 26.2 Å². The van der Waals surface area contributed by atoms with Gasteiger partial charge in [0, 0.05) is 50.1 Å². The molecule has 1 saturated carbocycles. The first-order valence-electron chi connectivity index (χ1n) is 11.5. The number of amides is 3. The molecule has 1 aromatic rings. The van der Waals surface area contributed by atoms with Crippen LogP contribution in [-0.4, -0.2) is 65.9 Å². The van der Waals surface area contributed by atoms with Crippen LogP contribution in [0.5, 0.6) is 0 Å². The molecule has 2 atom stereocenters. The SMILES string of the molecule is CC1CN(C(=O)c2ccc(CNC(=O)C3CCN(C(=O)C4CC4)CC3)cc2)CC(C)O1. The van der Waals surface area contributed by atoms with Gasteiger partial charge in [0.1, 0.15) is 0 Å². The Balaban J connectivity index is 1.23. The second-order valence-corrected chi connectivity index (χ2v) is 9.26. The summed E-state index contributed by atoms with van der Waals surface area (Å²) in [5, 5.41) is 3.02. The average molecular weight is 428 g/mol. The Kier molecular flexibility index (Phi) is 6.60. The normalized spacial score (nSPS) is 24.7. The Bertz CT molecular complexity index is 803. The Hall–Kier alpha value is -2.41. The zero-order valence-electron chi connectivity index (χ0n) is 18.5. The van der Waals surface area contributed by atoms with E-state index in [1.807, 2.05) is 47.9 Å². The fourth-order valence-electron chi connectivity index (χ4n) is 4.58. The Morgan fingerprint density at radius 1 is 0.903 bits per heavy atom. The van der Waals surface area contributed by atoms with Crippen molar-refractivity contribution in [3.63, 3.8) is 0 Å². The molecule has 4 rings (SSSR count). The van der Waals surface area contributed by atoms with Crippen LogP contribution >= 0.6 is 0 Å². The summed E-state index contributed by atoms with van der Waals surface area (Å²) in [4.78, 5) is 41.2. The summed E-state index contributed by atoms with van der Waals surface area (Å²) in [7, 11) is 0. The molecule has 0 spiro atoms. The molecule has 3 aliphatic rings. The zero-order chi connectivity index (χ0) is 22.0. The third kappa shape index (κ3) is 5.45. The lowest BCUT2D eigenvalue weighted by molar-refractivity contribution is -0.136. The smallest absolute Gasteiger partial charge is 0.254 e. The van der Waals surface area contributed by atoms with Crippen LogP contribution in [-0.2, 0) is 20.9 Å². The predicted molar refractivity (Wildman–Crippen MR) is 116 cm³/mol. The van der Waals surface area contributed by atoms with Gasteiger partial charge in [0.25, 0.3) is 5.91 Å². The van der Waals surface area contributed by atoms with Crippen LogP contribution in [0.1, 0.15) is 55.5 Å². The summed E-state index contributed by atoms with van der Waals surface area (Å²) in [6.07, 6.45) is 3.59. The fourth-order valence-corrected chi connectivity index (χ4v) is 4.58. The first kappa shape index (κ1) is 21.8. The van der Waals surface area contributed by atoms with Crippen LogP contribution in [0.2, 0.25) is 0 Å². The third-order valence-electron chi connectivity index (χ3n) is 6.48.